The summed E-state index contributed by atoms with van der Waals surface area (Å²) in [5.74, 6) is 0. The molecule has 2 heterocycles. The summed E-state index contributed by atoms with van der Waals surface area (Å²) in [4.78, 5) is 0. The molecule has 0 amide bonds. The van der Waals surface area contributed by atoms with Crippen LogP contribution in [0.5, 0.6) is 0 Å². The summed E-state index contributed by atoms with van der Waals surface area (Å²) in [6.45, 7) is 2.83. The van der Waals surface area contributed by atoms with Crippen LogP contribution in [0.25, 0.3) is 0 Å². The summed E-state index contributed by atoms with van der Waals surface area (Å²) >= 11 is 0. The number of aliphatic hydroxyl groups is 1. The zero-order valence-electron chi connectivity index (χ0n) is 13.2. The first kappa shape index (κ1) is 16.3. The van der Waals surface area contributed by atoms with E-state index in [2.05, 4.69) is 6.92 Å². The summed E-state index contributed by atoms with van der Waals surface area (Å²) < 4.78 is 5.93. The fraction of sp³-hybridized carbons (Fsp3) is 1.00. The van der Waals surface area contributed by atoms with Crippen LogP contribution in [0.4, 0.5) is 0 Å². The van der Waals surface area contributed by atoms with Crippen LogP contribution in [0.1, 0.15) is 77.6 Å². The predicted octanol–water partition coefficient (Wildman–Crippen LogP) is 3.38. The molecule has 3 N–H and O–H groups in total. The van der Waals surface area contributed by atoms with E-state index in [4.69, 9.17) is 10.5 Å². The highest BCUT2D eigenvalue weighted by molar-refractivity contribution is 5.04. The van der Waals surface area contributed by atoms with Crippen molar-refractivity contribution in [1.29, 1.82) is 0 Å². The zero-order valence-corrected chi connectivity index (χ0v) is 13.2. The molecule has 0 aromatic rings. The molecule has 2 saturated heterocycles. The lowest BCUT2D eigenvalue weighted by molar-refractivity contribution is -0.0295. The van der Waals surface area contributed by atoms with Gasteiger partial charge in [0.15, 0.2) is 0 Å². The van der Waals surface area contributed by atoms with Crippen molar-refractivity contribution in [2.75, 3.05) is 6.54 Å². The van der Waals surface area contributed by atoms with Crippen LogP contribution >= 0.6 is 0 Å². The lowest BCUT2D eigenvalue weighted by atomic mass is 9.69. The molecular weight excluding hydrogens is 250 g/mol. The molecule has 2 fully saturated rings. The largest absolute Gasteiger partial charge is 0.392 e. The first-order chi connectivity index (χ1) is 9.73. The second-order valence-electron chi connectivity index (χ2n) is 6.89. The van der Waals surface area contributed by atoms with Gasteiger partial charge in [0.05, 0.1) is 18.3 Å². The van der Waals surface area contributed by atoms with Gasteiger partial charge in [-0.2, -0.15) is 0 Å². The Morgan fingerprint density at radius 3 is 2.40 bits per heavy atom. The average molecular weight is 283 g/mol. The van der Waals surface area contributed by atoms with E-state index < -0.39 is 0 Å². The van der Waals surface area contributed by atoms with Crippen molar-refractivity contribution in [3.8, 4) is 0 Å². The van der Waals surface area contributed by atoms with Crippen LogP contribution in [0.15, 0.2) is 0 Å². The summed E-state index contributed by atoms with van der Waals surface area (Å²) in [5, 5.41) is 10.6. The van der Waals surface area contributed by atoms with Crippen molar-refractivity contribution in [3.63, 3.8) is 0 Å². The second kappa shape index (κ2) is 7.77. The molecule has 0 aromatic heterocycles. The third-order valence-electron chi connectivity index (χ3n) is 5.48. The van der Waals surface area contributed by atoms with E-state index in [-0.39, 0.29) is 17.6 Å². The van der Waals surface area contributed by atoms with E-state index in [1.807, 2.05) is 0 Å². The number of hydrogen-bond acceptors (Lipinski definition) is 3. The quantitative estimate of drug-likeness (QED) is 0.604. The molecular formula is C17H33NO2. The Morgan fingerprint density at radius 2 is 1.85 bits per heavy atom. The Kier molecular flexibility index (Phi) is 6.31. The normalized spacial score (nSPS) is 33.8. The van der Waals surface area contributed by atoms with Crippen LogP contribution in [0.2, 0.25) is 0 Å². The Morgan fingerprint density at radius 1 is 1.15 bits per heavy atom. The van der Waals surface area contributed by atoms with Crippen LogP contribution < -0.4 is 5.73 Å². The highest BCUT2D eigenvalue weighted by Gasteiger charge is 2.54. The van der Waals surface area contributed by atoms with Gasteiger partial charge in [-0.05, 0) is 25.7 Å². The minimum absolute atomic E-state index is 0.134. The molecule has 2 rings (SSSR count). The van der Waals surface area contributed by atoms with Gasteiger partial charge in [-0.25, -0.2) is 0 Å². The molecule has 2 aliphatic rings. The monoisotopic (exact) mass is 283 g/mol. The zero-order chi connectivity index (χ0) is 14.4. The summed E-state index contributed by atoms with van der Waals surface area (Å²) in [6, 6.07) is 0. The lowest BCUT2D eigenvalue weighted by Crippen LogP contribution is -2.48. The Labute approximate surface area is 124 Å². The minimum atomic E-state index is -0.265. The van der Waals surface area contributed by atoms with Crippen molar-refractivity contribution in [2.24, 2.45) is 11.1 Å². The van der Waals surface area contributed by atoms with Crippen molar-refractivity contribution in [1.82, 2.24) is 0 Å². The van der Waals surface area contributed by atoms with Crippen molar-refractivity contribution in [2.45, 2.75) is 95.9 Å². The van der Waals surface area contributed by atoms with Gasteiger partial charge in [0.2, 0.25) is 0 Å². The Balaban J connectivity index is 1.65. The summed E-state index contributed by atoms with van der Waals surface area (Å²) in [6.07, 6.45) is 13.5. The molecule has 3 heteroatoms. The first-order valence-electron chi connectivity index (χ1n) is 8.76. The number of unbranched alkanes of at least 4 members (excludes halogenated alkanes) is 6. The molecule has 20 heavy (non-hydrogen) atoms. The molecule has 0 aromatic carbocycles. The number of hydrogen-bond donors (Lipinski definition) is 2. The number of ether oxygens (including phenoxy) is 1. The molecule has 4 atom stereocenters. The number of rotatable bonds is 10. The number of aliphatic hydroxyl groups excluding tert-OH is 1. The van der Waals surface area contributed by atoms with Gasteiger partial charge in [0, 0.05) is 12.0 Å². The van der Waals surface area contributed by atoms with Gasteiger partial charge < -0.3 is 15.6 Å². The SMILES string of the molecule is CCCCCCCCCC(O)C1(CN)CC2CCC1O2. The molecule has 0 spiro atoms. The maximum atomic E-state index is 10.6. The topological polar surface area (TPSA) is 55.5 Å². The smallest absolute Gasteiger partial charge is 0.0673 e. The van der Waals surface area contributed by atoms with Gasteiger partial charge >= 0.3 is 0 Å². The van der Waals surface area contributed by atoms with Crippen molar-refractivity contribution >= 4 is 0 Å². The highest BCUT2D eigenvalue weighted by atomic mass is 16.5. The van der Waals surface area contributed by atoms with E-state index in [0.29, 0.717) is 12.6 Å². The molecule has 2 aliphatic heterocycles. The van der Waals surface area contributed by atoms with Gasteiger partial charge in [-0.15, -0.1) is 0 Å². The fourth-order valence-corrected chi connectivity index (χ4v) is 4.12. The van der Waals surface area contributed by atoms with E-state index in [0.717, 1.165) is 32.1 Å². The molecule has 2 bridgehead atoms. The summed E-state index contributed by atoms with van der Waals surface area (Å²) in [7, 11) is 0. The molecule has 0 radical (unpaired) electrons. The van der Waals surface area contributed by atoms with Crippen molar-refractivity contribution in [3.05, 3.63) is 0 Å². The van der Waals surface area contributed by atoms with Crippen molar-refractivity contribution < 1.29 is 9.84 Å². The highest BCUT2D eigenvalue weighted by Crippen LogP contribution is 2.50. The van der Waals surface area contributed by atoms with Crippen LogP contribution in [-0.2, 0) is 4.74 Å². The van der Waals surface area contributed by atoms with Gasteiger partial charge in [-0.1, -0.05) is 51.9 Å². The Bertz CT molecular complexity index is 284. The lowest BCUT2D eigenvalue weighted by Gasteiger charge is -2.38. The number of fused-ring (bicyclic) bond motifs is 2. The van der Waals surface area contributed by atoms with Crippen LogP contribution in [-0.4, -0.2) is 30.0 Å². The Hall–Kier alpha value is -0.120. The molecule has 0 aliphatic carbocycles. The van der Waals surface area contributed by atoms with E-state index >= 15 is 0 Å². The number of nitrogens with two attached hydrogens (primary N) is 1. The van der Waals surface area contributed by atoms with Gasteiger partial charge in [0.25, 0.3) is 0 Å². The van der Waals surface area contributed by atoms with Gasteiger partial charge in [0.1, 0.15) is 0 Å². The molecule has 3 nitrogen and oxygen atoms in total. The molecule has 0 saturated carbocycles. The first-order valence-corrected chi connectivity index (χ1v) is 8.76. The maximum absolute atomic E-state index is 10.6. The molecule has 4 unspecified atom stereocenters. The van der Waals surface area contributed by atoms with Crippen LogP contribution in [0.3, 0.4) is 0 Å². The molecule has 118 valence electrons. The third-order valence-corrected chi connectivity index (χ3v) is 5.48. The average Bonchev–Trinajstić information content (AvgIpc) is 3.07. The maximum Gasteiger partial charge on any atom is 0.0673 e. The van der Waals surface area contributed by atoms with E-state index in [1.54, 1.807) is 0 Å². The predicted molar refractivity (Wildman–Crippen MR) is 82.6 cm³/mol. The van der Waals surface area contributed by atoms with Gasteiger partial charge in [-0.3, -0.25) is 0 Å². The summed E-state index contributed by atoms with van der Waals surface area (Å²) in [5.41, 5.74) is 5.87. The van der Waals surface area contributed by atoms with E-state index in [1.165, 1.54) is 38.5 Å². The third kappa shape index (κ3) is 3.55. The second-order valence-corrected chi connectivity index (χ2v) is 6.89. The van der Waals surface area contributed by atoms with Crippen LogP contribution in [0, 0.1) is 5.41 Å². The standard InChI is InChI=1S/C17H33NO2/c1-2-3-4-5-6-7-8-9-15(19)17(13-18)12-14-10-11-16(17)20-14/h14-16,19H,2-13,18H2,1H3. The minimum Gasteiger partial charge on any atom is -0.392 e. The fourth-order valence-electron chi connectivity index (χ4n) is 4.12. The van der Waals surface area contributed by atoms with E-state index in [9.17, 15) is 5.11 Å².